The summed E-state index contributed by atoms with van der Waals surface area (Å²) < 4.78 is 0. The van der Waals surface area contributed by atoms with E-state index in [1.165, 1.54) is 0 Å². The van der Waals surface area contributed by atoms with Crippen LogP contribution in [0.2, 0.25) is 0 Å². The van der Waals surface area contributed by atoms with Gasteiger partial charge in [0.1, 0.15) is 0 Å². The van der Waals surface area contributed by atoms with Gasteiger partial charge in [0.25, 0.3) is 0 Å². The number of nitrogens with zero attached hydrogens (tertiary/aromatic N) is 3. The summed E-state index contributed by atoms with van der Waals surface area (Å²) in [7, 11) is 0. The van der Waals surface area contributed by atoms with Gasteiger partial charge in [-0.05, 0) is 6.58 Å². The summed E-state index contributed by atoms with van der Waals surface area (Å²) in [6, 6.07) is 0. The van der Waals surface area contributed by atoms with E-state index in [9.17, 15) is 0 Å². The molecule has 1 aliphatic heterocycles. The summed E-state index contributed by atoms with van der Waals surface area (Å²) >= 11 is 0. The first kappa shape index (κ1) is 9.06. The van der Waals surface area contributed by atoms with Crippen LogP contribution in [0.5, 0.6) is 0 Å². The van der Waals surface area contributed by atoms with Crippen LogP contribution >= 0.6 is 0 Å². The lowest BCUT2D eigenvalue weighted by molar-refractivity contribution is -0.402. The van der Waals surface area contributed by atoms with Crippen LogP contribution < -0.4 is 0 Å². The van der Waals surface area contributed by atoms with Gasteiger partial charge in [0.05, 0.1) is 11.3 Å². The third-order valence-electron chi connectivity index (χ3n) is 0.672. The van der Waals surface area contributed by atoms with Crippen LogP contribution in [0.4, 0.5) is 0 Å². The first-order valence-corrected chi connectivity index (χ1v) is 2.51. The summed E-state index contributed by atoms with van der Waals surface area (Å²) in [4.78, 5) is 13.6. The maximum Gasteiger partial charge on any atom is 0.223 e. The second-order valence-electron chi connectivity index (χ2n) is 1.34. The average molecular weight is 155 g/mol. The van der Waals surface area contributed by atoms with Crippen molar-refractivity contribution >= 4 is 6.34 Å². The summed E-state index contributed by atoms with van der Waals surface area (Å²) in [5, 5.41) is 14.8. The Kier molecular flexibility index (Phi) is 4.03. The minimum atomic E-state index is -1.75. The molecule has 0 aliphatic carbocycles. The van der Waals surface area contributed by atoms with Crippen molar-refractivity contribution < 1.29 is 5.09 Å². The highest BCUT2D eigenvalue weighted by Crippen LogP contribution is 1.92. The van der Waals surface area contributed by atoms with Gasteiger partial charge >= 0.3 is 0 Å². The quantitative estimate of drug-likeness (QED) is 0.315. The van der Waals surface area contributed by atoms with Gasteiger partial charge in [0.2, 0.25) is 6.34 Å². The molecule has 0 unspecified atom stereocenters. The molecule has 0 amide bonds. The molecule has 1 rings (SSSR count). The molecule has 0 bridgehead atoms. The molecule has 0 fully saturated rings. The average Bonchev–Trinajstić information content (AvgIpc) is 2.36. The van der Waals surface area contributed by atoms with Gasteiger partial charge in [-0.2, -0.15) is 0 Å². The van der Waals surface area contributed by atoms with Crippen molar-refractivity contribution in [2.75, 3.05) is 0 Å². The molecule has 58 valence electrons. The Bertz CT molecular complexity index is 183. The Hall–Kier alpha value is -1.94. The van der Waals surface area contributed by atoms with Crippen molar-refractivity contribution in [3.05, 3.63) is 40.5 Å². The van der Waals surface area contributed by atoms with Gasteiger partial charge in [0.15, 0.2) is 12.4 Å². The molecule has 6 heteroatoms. The van der Waals surface area contributed by atoms with E-state index >= 15 is 0 Å². The van der Waals surface area contributed by atoms with Crippen molar-refractivity contribution in [1.82, 2.24) is 4.90 Å². The zero-order valence-corrected chi connectivity index (χ0v) is 5.51. The molecule has 0 N–H and O–H groups in total. The van der Waals surface area contributed by atoms with Crippen LogP contribution in [0.25, 0.3) is 0 Å². The molecule has 0 radical (unpaired) electrons. The van der Waals surface area contributed by atoms with Crippen molar-refractivity contribution in [3.63, 3.8) is 0 Å². The second kappa shape index (κ2) is 4.89. The molecule has 11 heavy (non-hydrogen) atoms. The van der Waals surface area contributed by atoms with Gasteiger partial charge < -0.3 is 15.3 Å². The van der Waals surface area contributed by atoms with E-state index in [1.54, 1.807) is 23.5 Å². The minimum Gasteiger partial charge on any atom is -0.356 e. The molecule has 0 atom stereocenters. The Labute approximate surface area is 62.9 Å². The second-order valence-corrected chi connectivity index (χ2v) is 1.34. The third kappa shape index (κ3) is 5.94. The molecule has 0 spiro atoms. The maximum absolute atomic E-state index is 8.25. The lowest BCUT2D eigenvalue weighted by atomic mass is 10.8. The topological polar surface area (TPSA) is 81.8 Å². The predicted molar refractivity (Wildman–Crippen MR) is 39.0 cm³/mol. The molecular formula is C5H5N3O3. The van der Waals surface area contributed by atoms with Gasteiger partial charge in [0, 0.05) is 0 Å². The van der Waals surface area contributed by atoms with Crippen LogP contribution in [0.15, 0.2) is 30.2 Å². The Morgan fingerprint density at radius 1 is 1.73 bits per heavy atom. The maximum atomic E-state index is 8.25. The zero-order valence-electron chi connectivity index (χ0n) is 5.51. The number of hydrogen-bond donors (Lipinski definition) is 0. The Balaban J connectivity index is 0.000000218. The number of hydrogen-bond acceptors (Lipinski definition) is 5. The fraction of sp³-hybridized carbons (Fsp3) is 0. The predicted octanol–water partition coefficient (Wildman–Crippen LogP) is 0.583. The summed E-state index contributed by atoms with van der Waals surface area (Å²) in [6.07, 6.45) is 7.69. The highest BCUT2D eigenvalue weighted by Gasteiger charge is 2.01. The Morgan fingerprint density at radius 3 is 2.45 bits per heavy atom. The molecule has 6 nitrogen and oxygen atoms in total. The summed E-state index contributed by atoms with van der Waals surface area (Å²) in [5.41, 5.74) is 0. The van der Waals surface area contributed by atoms with Crippen molar-refractivity contribution in [2.24, 2.45) is 4.99 Å². The SMILES string of the molecule is C=CN1[C+]=NC=C1.O=[N+]([O-])[O-]. The highest BCUT2D eigenvalue weighted by molar-refractivity contribution is 5.61. The Morgan fingerprint density at radius 2 is 2.27 bits per heavy atom. The van der Waals surface area contributed by atoms with E-state index in [4.69, 9.17) is 15.3 Å². The fourth-order valence-corrected chi connectivity index (χ4v) is 0.340. The van der Waals surface area contributed by atoms with E-state index in [-0.39, 0.29) is 0 Å². The fourth-order valence-electron chi connectivity index (χ4n) is 0.340. The number of aliphatic imine (C=N–C) groups is 1. The van der Waals surface area contributed by atoms with Gasteiger partial charge in [-0.15, -0.1) is 4.90 Å². The van der Waals surface area contributed by atoms with E-state index in [0.29, 0.717) is 0 Å². The standard InChI is InChI=1S/C5H5N2.NO3/c1-2-7-4-3-6-5-7;2-1(3)4/h2-4H,1H2;/q+1;-1. The van der Waals surface area contributed by atoms with Gasteiger partial charge in [-0.25, -0.2) is 0 Å². The molecule has 0 saturated carbocycles. The van der Waals surface area contributed by atoms with E-state index in [2.05, 4.69) is 17.9 Å². The molecular weight excluding hydrogens is 150 g/mol. The van der Waals surface area contributed by atoms with Crippen molar-refractivity contribution in [1.29, 1.82) is 0 Å². The van der Waals surface area contributed by atoms with Gasteiger partial charge in [-0.1, -0.05) is 4.99 Å². The van der Waals surface area contributed by atoms with Crippen LogP contribution in [0.3, 0.4) is 0 Å². The highest BCUT2D eigenvalue weighted by atomic mass is 16.9. The third-order valence-corrected chi connectivity index (χ3v) is 0.672. The van der Waals surface area contributed by atoms with Crippen LogP contribution in [-0.2, 0) is 0 Å². The van der Waals surface area contributed by atoms with Crippen LogP contribution in [0.1, 0.15) is 0 Å². The smallest absolute Gasteiger partial charge is 0.223 e. The zero-order chi connectivity index (χ0) is 8.69. The van der Waals surface area contributed by atoms with E-state index in [0.717, 1.165) is 0 Å². The summed E-state index contributed by atoms with van der Waals surface area (Å²) in [6.45, 7) is 3.49. The van der Waals surface area contributed by atoms with E-state index < -0.39 is 5.09 Å². The molecule has 1 heterocycles. The summed E-state index contributed by atoms with van der Waals surface area (Å²) in [5.74, 6) is 0. The molecule has 0 aromatic rings. The molecule has 1 aliphatic rings. The van der Waals surface area contributed by atoms with E-state index in [1.807, 2.05) is 0 Å². The lowest BCUT2D eigenvalue weighted by Gasteiger charge is -1.83. The lowest BCUT2D eigenvalue weighted by Crippen LogP contribution is -1.99. The minimum absolute atomic E-state index is 1.63. The largest absolute Gasteiger partial charge is 0.356 e. The van der Waals surface area contributed by atoms with Crippen molar-refractivity contribution in [2.45, 2.75) is 0 Å². The van der Waals surface area contributed by atoms with Crippen molar-refractivity contribution in [3.8, 4) is 0 Å². The van der Waals surface area contributed by atoms with Crippen LogP contribution in [-0.4, -0.2) is 16.3 Å². The normalized spacial score (nSPS) is 11.5. The molecule has 0 aromatic heterocycles. The monoisotopic (exact) mass is 155 g/mol. The van der Waals surface area contributed by atoms with Gasteiger partial charge in [-0.3, -0.25) is 0 Å². The molecule has 0 saturated heterocycles. The van der Waals surface area contributed by atoms with Crippen LogP contribution in [0, 0.1) is 15.3 Å². The molecule has 0 aromatic carbocycles. The first-order valence-electron chi connectivity index (χ1n) is 2.51. The first-order chi connectivity index (χ1) is 5.16. The number of rotatable bonds is 1.